The number of carbonyl (C=O) groups excluding carboxylic acids is 1. The van der Waals surface area contributed by atoms with E-state index in [2.05, 4.69) is 21.1 Å². The third-order valence-electron chi connectivity index (χ3n) is 5.62. The van der Waals surface area contributed by atoms with E-state index < -0.39 is 0 Å². The summed E-state index contributed by atoms with van der Waals surface area (Å²) in [5, 5.41) is 7.96. The molecule has 9 nitrogen and oxygen atoms in total. The van der Waals surface area contributed by atoms with Gasteiger partial charge in [-0.15, -0.1) is 0 Å². The number of methoxy groups -OCH3 is 1. The first-order chi connectivity index (χ1) is 16.4. The van der Waals surface area contributed by atoms with Crippen LogP contribution in [0.3, 0.4) is 0 Å². The summed E-state index contributed by atoms with van der Waals surface area (Å²) < 4.78 is 19.6. The molecule has 7 N–H and O–H groups in total. The van der Waals surface area contributed by atoms with Crippen LogP contribution < -0.4 is 27.3 Å². The van der Waals surface area contributed by atoms with Gasteiger partial charge in [0.25, 0.3) is 0 Å². The molecular formula is C23H32ClFN6O3. The molecule has 2 atom stereocenters. The molecule has 34 heavy (non-hydrogen) atoms. The number of hydrogen-bond donors (Lipinski definition) is 4. The summed E-state index contributed by atoms with van der Waals surface area (Å²) in [6.45, 7) is 1.90. The lowest BCUT2D eigenvalue weighted by atomic mass is 9.77. The Morgan fingerprint density at radius 3 is 2.68 bits per heavy atom. The highest BCUT2D eigenvalue weighted by atomic mass is 35.5. The van der Waals surface area contributed by atoms with Crippen LogP contribution in [0.4, 0.5) is 10.2 Å². The van der Waals surface area contributed by atoms with E-state index in [9.17, 15) is 4.53 Å². The summed E-state index contributed by atoms with van der Waals surface area (Å²) in [4.78, 5) is 12.3. The number of carbonyl (C=O) groups is 1. The molecule has 0 unspecified atom stereocenters. The summed E-state index contributed by atoms with van der Waals surface area (Å²) in [6.07, 6.45) is 9.51. The maximum atomic E-state index is 11.9. The SMILES string of the molecule is COc1c(NC(/C=C(\N)Cl)=C(\C)N)cccc1-c1cnn([C@@H]2CC[C@@H]2CCCOF)c1.NC=O. The number of rotatable bonds is 10. The minimum atomic E-state index is 0.122. The van der Waals surface area contributed by atoms with E-state index >= 15 is 0 Å². The van der Waals surface area contributed by atoms with Gasteiger partial charge in [-0.25, -0.2) is 0 Å². The quantitative estimate of drug-likeness (QED) is 0.169. The van der Waals surface area contributed by atoms with Crippen LogP contribution in [0.1, 0.15) is 38.6 Å². The third-order valence-corrected chi connectivity index (χ3v) is 5.73. The first-order valence-corrected chi connectivity index (χ1v) is 11.2. The molecule has 186 valence electrons. The number of benzene rings is 1. The Balaban J connectivity index is 0.00000129. The number of halogens is 2. The van der Waals surface area contributed by atoms with Crippen LogP contribution in [0.25, 0.3) is 11.1 Å². The molecule has 1 saturated carbocycles. The molecule has 1 aromatic heterocycles. The largest absolute Gasteiger partial charge is 0.494 e. The number of para-hydroxylation sites is 1. The van der Waals surface area contributed by atoms with Crippen molar-refractivity contribution in [2.75, 3.05) is 19.0 Å². The van der Waals surface area contributed by atoms with Gasteiger partial charge in [-0.2, -0.15) is 10.0 Å². The van der Waals surface area contributed by atoms with Crippen molar-refractivity contribution in [3.8, 4) is 16.9 Å². The molecule has 0 spiro atoms. The number of amides is 1. The highest BCUT2D eigenvalue weighted by Crippen LogP contribution is 2.43. The summed E-state index contributed by atoms with van der Waals surface area (Å²) in [7, 11) is 1.62. The maximum Gasteiger partial charge on any atom is 0.204 e. The monoisotopic (exact) mass is 494 g/mol. The number of primary amides is 1. The molecule has 2 aromatic rings. The molecule has 1 heterocycles. The second-order valence-electron chi connectivity index (χ2n) is 7.84. The van der Waals surface area contributed by atoms with Crippen LogP contribution >= 0.6 is 11.6 Å². The molecule has 1 aliphatic rings. The average molecular weight is 495 g/mol. The molecule has 0 saturated heterocycles. The van der Waals surface area contributed by atoms with Gasteiger partial charge in [-0.3, -0.25) is 9.48 Å². The first kappa shape index (κ1) is 27.0. The van der Waals surface area contributed by atoms with Crippen molar-refractivity contribution < 1.29 is 19.0 Å². The number of aromatic nitrogens is 2. The van der Waals surface area contributed by atoms with E-state index in [4.69, 9.17) is 32.6 Å². The van der Waals surface area contributed by atoms with Crippen molar-refractivity contribution in [2.45, 2.75) is 38.6 Å². The maximum absolute atomic E-state index is 11.9. The van der Waals surface area contributed by atoms with Crippen LogP contribution in [0, 0.1) is 5.92 Å². The molecule has 0 bridgehead atoms. The van der Waals surface area contributed by atoms with Crippen LogP contribution in [-0.2, 0) is 9.74 Å². The molecule has 0 aliphatic heterocycles. The molecule has 0 radical (unpaired) electrons. The van der Waals surface area contributed by atoms with Crippen molar-refractivity contribution in [2.24, 2.45) is 23.1 Å². The Kier molecular flexibility index (Phi) is 10.7. The Labute approximate surface area is 203 Å². The van der Waals surface area contributed by atoms with Gasteiger partial charge in [-0.05, 0) is 55.2 Å². The minimum absolute atomic E-state index is 0.122. The summed E-state index contributed by atoms with van der Waals surface area (Å²) in [5.74, 6) is 1.15. The van der Waals surface area contributed by atoms with Crippen molar-refractivity contribution in [3.63, 3.8) is 0 Å². The second-order valence-corrected chi connectivity index (χ2v) is 8.28. The van der Waals surface area contributed by atoms with Gasteiger partial charge in [0.15, 0.2) is 0 Å². The molecule has 3 rings (SSSR count). The van der Waals surface area contributed by atoms with E-state index in [1.54, 1.807) is 20.1 Å². The fraction of sp³-hybridized carbons (Fsp3) is 0.391. The Hall–Kier alpha value is -3.24. The predicted octanol–water partition coefficient (Wildman–Crippen LogP) is 3.93. The van der Waals surface area contributed by atoms with E-state index in [1.807, 2.05) is 35.3 Å². The fourth-order valence-electron chi connectivity index (χ4n) is 3.91. The van der Waals surface area contributed by atoms with E-state index in [-0.39, 0.29) is 18.2 Å². The second kappa shape index (κ2) is 13.5. The first-order valence-electron chi connectivity index (χ1n) is 10.8. The highest BCUT2D eigenvalue weighted by molar-refractivity contribution is 6.29. The van der Waals surface area contributed by atoms with E-state index in [1.165, 1.54) is 0 Å². The van der Waals surface area contributed by atoms with Gasteiger partial charge in [0.2, 0.25) is 6.41 Å². The van der Waals surface area contributed by atoms with Crippen LogP contribution in [0.15, 0.2) is 53.2 Å². The van der Waals surface area contributed by atoms with E-state index in [0.29, 0.717) is 35.5 Å². The Bertz CT molecular complexity index is 1000. The molecule has 11 heteroatoms. The van der Waals surface area contributed by atoms with Gasteiger partial charge in [0, 0.05) is 23.0 Å². The number of nitrogens with one attached hydrogen (secondary N) is 1. The van der Waals surface area contributed by atoms with Gasteiger partial charge in [0.05, 0.1) is 37.3 Å². The standard InChI is InChI=1S/C22H29ClFN5O2.CH3NO/c1-14(25)19(11-21(23)26)28-18-7-3-6-17(22(18)30-2)16-12-27-29(13-16)20-9-8-15(20)5-4-10-31-24;2-1-3/h3,6-7,11-13,15,20,28H,4-5,8-10,25-26H2,1-2H3;1H,(H2,2,3)/b19-14+,21-11-;/t15-,20+;/m0./s1. The molecule has 1 amide bonds. The van der Waals surface area contributed by atoms with Crippen molar-refractivity contribution in [1.29, 1.82) is 0 Å². The lowest BCUT2D eigenvalue weighted by molar-refractivity contribution is -0.134. The number of nitrogens with two attached hydrogens (primary N) is 3. The minimum Gasteiger partial charge on any atom is -0.494 e. The topological polar surface area (TPSA) is 143 Å². The van der Waals surface area contributed by atoms with Crippen LogP contribution in [0.2, 0.25) is 0 Å². The Morgan fingerprint density at radius 1 is 1.38 bits per heavy atom. The van der Waals surface area contributed by atoms with Gasteiger partial charge >= 0.3 is 0 Å². The lowest BCUT2D eigenvalue weighted by Crippen LogP contribution is -2.29. The van der Waals surface area contributed by atoms with Gasteiger partial charge < -0.3 is 27.3 Å². The molecule has 1 fully saturated rings. The normalized spacial score (nSPS) is 18.2. The zero-order valence-electron chi connectivity index (χ0n) is 19.3. The third kappa shape index (κ3) is 7.13. The van der Waals surface area contributed by atoms with Crippen molar-refractivity contribution in [1.82, 2.24) is 9.78 Å². The average Bonchev–Trinajstić information content (AvgIpc) is 3.24. The van der Waals surface area contributed by atoms with Gasteiger partial charge in [-0.1, -0.05) is 23.7 Å². The smallest absolute Gasteiger partial charge is 0.204 e. The zero-order valence-corrected chi connectivity index (χ0v) is 20.1. The molecule has 1 aromatic carbocycles. The van der Waals surface area contributed by atoms with Crippen molar-refractivity contribution in [3.05, 3.63) is 53.2 Å². The van der Waals surface area contributed by atoms with Crippen molar-refractivity contribution >= 4 is 23.7 Å². The molecule has 1 aliphatic carbocycles. The summed E-state index contributed by atoms with van der Waals surface area (Å²) in [5.41, 5.74) is 19.4. The number of ether oxygens (including phenoxy) is 1. The summed E-state index contributed by atoms with van der Waals surface area (Å²) in [6, 6.07) is 6.12. The van der Waals surface area contributed by atoms with Crippen LogP contribution in [0.5, 0.6) is 5.75 Å². The zero-order chi connectivity index (χ0) is 25.1. The lowest BCUT2D eigenvalue weighted by Gasteiger charge is -2.36. The fourth-order valence-corrected chi connectivity index (χ4v) is 4.02. The number of hydrogen-bond acceptors (Lipinski definition) is 7. The van der Waals surface area contributed by atoms with Gasteiger partial charge in [0.1, 0.15) is 10.9 Å². The number of nitrogens with zero attached hydrogens (tertiary/aromatic N) is 2. The Morgan fingerprint density at radius 2 is 2.12 bits per heavy atom. The number of allylic oxidation sites excluding steroid dienone is 2. The highest BCUT2D eigenvalue weighted by Gasteiger charge is 2.32. The molecular weight excluding hydrogens is 463 g/mol. The summed E-state index contributed by atoms with van der Waals surface area (Å²) >= 11 is 5.83. The van der Waals surface area contributed by atoms with Crippen LogP contribution in [-0.4, -0.2) is 29.9 Å². The van der Waals surface area contributed by atoms with E-state index in [0.717, 1.165) is 36.1 Å². The predicted molar refractivity (Wildman–Crippen MR) is 131 cm³/mol. The number of anilines is 1.